The Kier molecular flexibility index (Phi) is 4.78. The summed E-state index contributed by atoms with van der Waals surface area (Å²) in [5.74, 6) is -1.68. The Morgan fingerprint density at radius 3 is 2.77 bits per heavy atom. The average Bonchev–Trinajstić information content (AvgIpc) is 2.93. The van der Waals surface area contributed by atoms with Crippen molar-refractivity contribution in [2.45, 2.75) is 19.6 Å². The molecule has 136 valence electrons. The number of carbonyl (C=O) groups excluding carboxylic acids is 1. The molecule has 1 aliphatic rings. The molecule has 0 saturated carbocycles. The SMILES string of the molecule is C/C=C\C1=Cc2c(c(C(=O)OCC)nn2-c2ccccc2F)CS1(=O)=O. The van der Waals surface area contributed by atoms with Gasteiger partial charge in [0, 0.05) is 5.56 Å². The van der Waals surface area contributed by atoms with E-state index >= 15 is 0 Å². The second-order valence-electron chi connectivity index (χ2n) is 5.60. The Balaban J connectivity index is 2.30. The van der Waals surface area contributed by atoms with Gasteiger partial charge < -0.3 is 4.74 Å². The third kappa shape index (κ3) is 3.08. The van der Waals surface area contributed by atoms with Gasteiger partial charge in [-0.3, -0.25) is 0 Å². The van der Waals surface area contributed by atoms with Gasteiger partial charge in [-0.05, 0) is 38.1 Å². The molecule has 2 heterocycles. The zero-order chi connectivity index (χ0) is 18.9. The van der Waals surface area contributed by atoms with E-state index in [0.29, 0.717) is 5.69 Å². The quantitative estimate of drug-likeness (QED) is 0.767. The number of para-hydroxylation sites is 1. The summed E-state index contributed by atoms with van der Waals surface area (Å²) >= 11 is 0. The Morgan fingerprint density at radius 2 is 2.12 bits per heavy atom. The normalized spacial score (nSPS) is 15.6. The van der Waals surface area contributed by atoms with Crippen LogP contribution in [0.15, 0.2) is 41.3 Å². The fraction of sp³-hybridized carbons (Fsp3) is 0.222. The molecule has 0 fully saturated rings. The molecule has 0 amide bonds. The molecule has 0 aliphatic carbocycles. The lowest BCUT2D eigenvalue weighted by molar-refractivity contribution is 0.0518. The van der Waals surface area contributed by atoms with Crippen molar-refractivity contribution in [1.82, 2.24) is 9.78 Å². The fourth-order valence-electron chi connectivity index (χ4n) is 2.74. The number of rotatable bonds is 4. The van der Waals surface area contributed by atoms with Gasteiger partial charge in [-0.2, -0.15) is 5.10 Å². The van der Waals surface area contributed by atoms with Crippen LogP contribution in [0.5, 0.6) is 0 Å². The van der Waals surface area contributed by atoms with Gasteiger partial charge in [0.25, 0.3) is 0 Å². The minimum Gasteiger partial charge on any atom is -0.461 e. The molecule has 1 aromatic heterocycles. The zero-order valence-corrected chi connectivity index (χ0v) is 15.1. The molecule has 1 aromatic carbocycles. The maximum absolute atomic E-state index is 14.3. The van der Waals surface area contributed by atoms with Gasteiger partial charge in [0.2, 0.25) is 0 Å². The van der Waals surface area contributed by atoms with Gasteiger partial charge in [0.15, 0.2) is 15.5 Å². The van der Waals surface area contributed by atoms with Crippen molar-refractivity contribution in [3.05, 3.63) is 64.1 Å². The van der Waals surface area contributed by atoms with E-state index < -0.39 is 27.4 Å². The van der Waals surface area contributed by atoms with Crippen LogP contribution in [0.25, 0.3) is 11.8 Å². The van der Waals surface area contributed by atoms with E-state index in [2.05, 4.69) is 5.10 Å². The predicted octanol–water partition coefficient (Wildman–Crippen LogP) is 3.03. The summed E-state index contributed by atoms with van der Waals surface area (Å²) in [6.07, 6.45) is 4.46. The standard InChI is InChI=1S/C18H17FN2O4S/c1-3-7-12-10-16-13(11-26(12,23)24)17(18(22)25-4-2)20-21(16)15-9-6-5-8-14(15)19/h3,5-10H,4,11H2,1-2H3/b7-3-. The largest absolute Gasteiger partial charge is 0.461 e. The number of benzene rings is 1. The summed E-state index contributed by atoms with van der Waals surface area (Å²) in [6.45, 7) is 3.45. The van der Waals surface area contributed by atoms with E-state index in [0.717, 1.165) is 0 Å². The molecule has 0 N–H and O–H groups in total. The van der Waals surface area contributed by atoms with Crippen LogP contribution in [-0.4, -0.2) is 30.8 Å². The molecule has 1 aliphatic heterocycles. The lowest BCUT2D eigenvalue weighted by Crippen LogP contribution is -2.15. The number of esters is 1. The van der Waals surface area contributed by atoms with Gasteiger partial charge >= 0.3 is 5.97 Å². The zero-order valence-electron chi connectivity index (χ0n) is 14.3. The smallest absolute Gasteiger partial charge is 0.359 e. The summed E-state index contributed by atoms with van der Waals surface area (Å²) in [5, 5.41) is 4.17. The van der Waals surface area contributed by atoms with Crippen LogP contribution in [-0.2, 0) is 20.3 Å². The Morgan fingerprint density at radius 1 is 1.38 bits per heavy atom. The highest BCUT2D eigenvalue weighted by Crippen LogP contribution is 2.32. The Hall–Kier alpha value is -2.74. The molecule has 2 aromatic rings. The first-order valence-electron chi connectivity index (χ1n) is 8.00. The van der Waals surface area contributed by atoms with Crippen LogP contribution >= 0.6 is 0 Å². The lowest BCUT2D eigenvalue weighted by Gasteiger charge is -2.14. The second kappa shape index (κ2) is 6.87. The molecule has 6 nitrogen and oxygen atoms in total. The van der Waals surface area contributed by atoms with Crippen molar-refractivity contribution in [2.24, 2.45) is 0 Å². The number of fused-ring (bicyclic) bond motifs is 1. The minimum atomic E-state index is -3.63. The summed E-state index contributed by atoms with van der Waals surface area (Å²) in [5.41, 5.74) is 0.556. The number of sulfone groups is 1. The van der Waals surface area contributed by atoms with E-state index in [1.165, 1.54) is 35.0 Å². The van der Waals surface area contributed by atoms with Crippen LogP contribution in [0.2, 0.25) is 0 Å². The molecule has 8 heteroatoms. The number of hydrogen-bond acceptors (Lipinski definition) is 5. The van der Waals surface area contributed by atoms with Crippen molar-refractivity contribution in [3.63, 3.8) is 0 Å². The van der Waals surface area contributed by atoms with Crippen molar-refractivity contribution in [3.8, 4) is 5.69 Å². The predicted molar refractivity (Wildman–Crippen MR) is 94.9 cm³/mol. The van der Waals surface area contributed by atoms with Gasteiger partial charge in [-0.25, -0.2) is 22.3 Å². The lowest BCUT2D eigenvalue weighted by atomic mass is 10.1. The molecule has 0 spiro atoms. The number of aromatic nitrogens is 2. The summed E-state index contributed by atoms with van der Waals surface area (Å²) in [4.78, 5) is 12.3. The minimum absolute atomic E-state index is 0.0837. The molecular weight excluding hydrogens is 359 g/mol. The number of halogens is 1. The first-order chi connectivity index (χ1) is 12.4. The summed E-state index contributed by atoms with van der Waals surface area (Å²) in [7, 11) is -3.63. The molecule has 0 saturated heterocycles. The van der Waals surface area contributed by atoms with Crippen LogP contribution < -0.4 is 0 Å². The van der Waals surface area contributed by atoms with Gasteiger partial charge in [0.1, 0.15) is 11.5 Å². The average molecular weight is 376 g/mol. The molecule has 3 rings (SSSR count). The summed E-state index contributed by atoms with van der Waals surface area (Å²) < 4.78 is 45.5. The van der Waals surface area contributed by atoms with E-state index in [-0.39, 0.29) is 28.5 Å². The second-order valence-corrected chi connectivity index (χ2v) is 7.59. The first kappa shape index (κ1) is 18.1. The highest BCUT2D eigenvalue weighted by Gasteiger charge is 2.33. The topological polar surface area (TPSA) is 78.3 Å². The van der Waals surface area contributed by atoms with E-state index in [9.17, 15) is 17.6 Å². The van der Waals surface area contributed by atoms with Gasteiger partial charge in [-0.1, -0.05) is 18.2 Å². The van der Waals surface area contributed by atoms with E-state index in [1.54, 1.807) is 26.0 Å². The highest BCUT2D eigenvalue weighted by atomic mass is 32.2. The molecule has 0 atom stereocenters. The third-order valence-electron chi connectivity index (χ3n) is 3.88. The van der Waals surface area contributed by atoms with Gasteiger partial charge in [-0.15, -0.1) is 0 Å². The maximum atomic E-state index is 14.3. The number of carbonyl (C=O) groups is 1. The fourth-order valence-corrected chi connectivity index (χ4v) is 4.20. The number of hydrogen-bond donors (Lipinski definition) is 0. The molecular formula is C18H17FN2O4S. The monoisotopic (exact) mass is 376 g/mol. The van der Waals surface area contributed by atoms with Crippen molar-refractivity contribution < 1.29 is 22.3 Å². The van der Waals surface area contributed by atoms with E-state index in [1.807, 2.05) is 0 Å². The maximum Gasteiger partial charge on any atom is 0.359 e. The van der Waals surface area contributed by atoms with Gasteiger partial charge in [0.05, 0.1) is 23.0 Å². The molecule has 0 unspecified atom stereocenters. The third-order valence-corrected chi connectivity index (χ3v) is 5.52. The van der Waals surface area contributed by atoms with Crippen LogP contribution in [0.1, 0.15) is 35.6 Å². The first-order valence-corrected chi connectivity index (χ1v) is 9.65. The number of allylic oxidation sites excluding steroid dienone is 2. The van der Waals surface area contributed by atoms with Crippen LogP contribution in [0.4, 0.5) is 4.39 Å². The molecule has 0 radical (unpaired) electrons. The van der Waals surface area contributed by atoms with Crippen molar-refractivity contribution in [1.29, 1.82) is 0 Å². The number of nitrogens with zero attached hydrogens (tertiary/aromatic N) is 2. The molecule has 26 heavy (non-hydrogen) atoms. The number of ether oxygens (including phenoxy) is 1. The molecule has 0 bridgehead atoms. The van der Waals surface area contributed by atoms with Crippen molar-refractivity contribution >= 4 is 21.9 Å². The van der Waals surface area contributed by atoms with Crippen LogP contribution in [0, 0.1) is 5.82 Å². The van der Waals surface area contributed by atoms with Crippen molar-refractivity contribution in [2.75, 3.05) is 6.61 Å². The summed E-state index contributed by atoms with van der Waals surface area (Å²) in [6, 6.07) is 5.94. The highest BCUT2D eigenvalue weighted by molar-refractivity contribution is 7.94. The van der Waals surface area contributed by atoms with E-state index in [4.69, 9.17) is 4.74 Å². The van der Waals surface area contributed by atoms with Crippen LogP contribution in [0.3, 0.4) is 0 Å². The Labute approximate surface area is 150 Å². The Bertz CT molecular complexity index is 1040.